The van der Waals surface area contributed by atoms with Crippen LogP contribution in [0.25, 0.3) is 0 Å². The first kappa shape index (κ1) is 27.1. The van der Waals surface area contributed by atoms with Crippen LogP contribution < -0.4 is 5.01 Å². The maximum atomic E-state index is 12.7. The van der Waals surface area contributed by atoms with Gasteiger partial charge in [-0.3, -0.25) is 4.79 Å². The second-order valence-corrected chi connectivity index (χ2v) is 9.62. The van der Waals surface area contributed by atoms with Gasteiger partial charge >= 0.3 is 48.9 Å². The number of hydrogen-bond donors (Lipinski definition) is 0. The molecule has 1 unspecified atom stereocenters. The normalized spacial score (nSPS) is 16.9. The Morgan fingerprint density at radius 1 is 1.03 bits per heavy atom. The van der Waals surface area contributed by atoms with E-state index in [-0.39, 0.29) is 71.0 Å². The molecule has 0 saturated heterocycles. The van der Waals surface area contributed by atoms with Crippen LogP contribution in [-0.2, 0) is 25.0 Å². The molecule has 11 nitrogen and oxygen atoms in total. The summed E-state index contributed by atoms with van der Waals surface area (Å²) in [5.74, 6) is -0.656. The molecule has 1 heterocycles. The van der Waals surface area contributed by atoms with E-state index in [2.05, 4.69) is 15.3 Å². The minimum atomic E-state index is -4.90. The summed E-state index contributed by atoms with van der Waals surface area (Å²) in [5.41, 5.74) is 0.563. The van der Waals surface area contributed by atoms with Crippen LogP contribution >= 0.6 is 11.6 Å². The second kappa shape index (κ2) is 10.0. The molecule has 0 fully saturated rings. The summed E-state index contributed by atoms with van der Waals surface area (Å²) in [7, 11) is -9.55. The fourth-order valence-corrected chi connectivity index (χ4v) is 3.99. The van der Waals surface area contributed by atoms with Gasteiger partial charge in [0.2, 0.25) is 0 Å². The molecule has 3 rings (SSSR count). The molecular weight excluding hydrogens is 609 g/mol. The fourth-order valence-electron chi connectivity index (χ4n) is 2.67. The number of hydrogen-bond acceptors (Lipinski definition) is 10. The van der Waals surface area contributed by atoms with Crippen LogP contribution in [0.15, 0.2) is 61.5 Å². The molecule has 0 aliphatic carbocycles. The van der Waals surface area contributed by atoms with Gasteiger partial charge in [-0.25, -0.2) is 16.8 Å². The van der Waals surface area contributed by atoms with Gasteiger partial charge in [-0.15, -0.1) is 0 Å². The Morgan fingerprint density at radius 2 is 1.62 bits per heavy atom. The van der Waals surface area contributed by atoms with Gasteiger partial charge in [-0.2, -0.15) is 20.3 Å². The van der Waals surface area contributed by atoms with E-state index in [0.29, 0.717) is 5.56 Å². The maximum Gasteiger partial charge on any atom is 2.00 e. The Kier molecular flexibility index (Phi) is 8.48. The van der Waals surface area contributed by atoms with Gasteiger partial charge in [0, 0.05) is 5.02 Å². The minimum Gasteiger partial charge on any atom is -0.744 e. The van der Waals surface area contributed by atoms with Crippen molar-refractivity contribution in [3.8, 4) is 0 Å². The van der Waals surface area contributed by atoms with Crippen molar-refractivity contribution >= 4 is 104 Å². The summed E-state index contributed by atoms with van der Waals surface area (Å²) < 4.78 is 67.6. The Hall–Kier alpha value is -1.14. The Labute approximate surface area is 229 Å². The number of halogens is 1. The predicted octanol–water partition coefficient (Wildman–Crippen LogP) is 1.95. The number of carbonyl (C=O) groups is 1. The summed E-state index contributed by atoms with van der Waals surface area (Å²) >= 11 is 5.88. The van der Waals surface area contributed by atoms with Crippen molar-refractivity contribution in [1.29, 1.82) is 0 Å². The summed E-state index contributed by atoms with van der Waals surface area (Å²) in [6.45, 7) is 3.06. The molecule has 0 spiro atoms. The molecule has 164 valence electrons. The van der Waals surface area contributed by atoms with Crippen molar-refractivity contribution in [2.24, 2.45) is 15.3 Å². The first-order chi connectivity index (χ1) is 14.3. The molecular formula is C17H13BaClN4O7S2. The zero-order valence-electron chi connectivity index (χ0n) is 16.6. The SMILES string of the molecule is CC1=NN(c2ccc(S(=O)(=O)[O-])cc2)C(=O)C1N=Nc1cc(C)c(Cl)cc1S(=O)(=O)[O-].[Ba+2]. The van der Waals surface area contributed by atoms with Crippen LogP contribution in [0.1, 0.15) is 12.5 Å². The van der Waals surface area contributed by atoms with E-state index in [1.165, 1.54) is 25.1 Å². The van der Waals surface area contributed by atoms with Crippen LogP contribution in [0.4, 0.5) is 11.4 Å². The number of azo groups is 1. The molecule has 0 N–H and O–H groups in total. The van der Waals surface area contributed by atoms with E-state index in [1.54, 1.807) is 6.92 Å². The number of rotatable bonds is 5. The average Bonchev–Trinajstić information content (AvgIpc) is 2.95. The summed E-state index contributed by atoms with van der Waals surface area (Å²) in [6.07, 6.45) is 0. The Balaban J connectivity index is 0.00000363. The summed E-state index contributed by atoms with van der Waals surface area (Å²) in [4.78, 5) is 11.5. The van der Waals surface area contributed by atoms with E-state index in [1.807, 2.05) is 0 Å². The molecule has 1 aliphatic rings. The van der Waals surface area contributed by atoms with Crippen LogP contribution in [0.5, 0.6) is 0 Å². The fraction of sp³-hybridized carbons (Fsp3) is 0.176. The van der Waals surface area contributed by atoms with Crippen molar-refractivity contribution < 1.29 is 30.7 Å². The molecule has 0 radical (unpaired) electrons. The first-order valence-electron chi connectivity index (χ1n) is 8.41. The Morgan fingerprint density at radius 3 is 2.16 bits per heavy atom. The maximum absolute atomic E-state index is 12.7. The molecule has 1 amide bonds. The number of carbonyl (C=O) groups excluding carboxylic acids is 1. The standard InChI is InChI=1S/C17H15ClN4O7S2.Ba/c1-9-7-14(15(8-13(9)18)31(27,28)29)19-20-16-10(2)21-22(17(16)23)11-3-5-12(6-4-11)30(24,25)26;/h3-8,16H,1-2H3,(H,24,25,26)(H,27,28,29);/q;+2/p-2. The predicted molar refractivity (Wildman–Crippen MR) is 113 cm³/mol. The first-order valence-corrected chi connectivity index (χ1v) is 11.6. The molecule has 0 bridgehead atoms. The number of nitrogens with zero attached hydrogens (tertiary/aromatic N) is 4. The van der Waals surface area contributed by atoms with E-state index < -0.39 is 42.0 Å². The summed E-state index contributed by atoms with van der Waals surface area (Å²) in [5, 5.41) is 12.7. The van der Waals surface area contributed by atoms with Crippen LogP contribution in [0.3, 0.4) is 0 Å². The van der Waals surface area contributed by atoms with Gasteiger partial charge in [-0.05, 0) is 55.8 Å². The monoisotopic (exact) mass is 622 g/mol. The molecule has 1 aliphatic heterocycles. The van der Waals surface area contributed by atoms with Gasteiger partial charge in [0.25, 0.3) is 5.91 Å². The van der Waals surface area contributed by atoms with Gasteiger partial charge < -0.3 is 9.11 Å². The molecule has 32 heavy (non-hydrogen) atoms. The molecule has 2 aromatic carbocycles. The zero-order valence-corrected chi connectivity index (χ0v) is 23.4. The van der Waals surface area contributed by atoms with Crippen LogP contribution in [0, 0.1) is 6.92 Å². The number of anilines is 1. The topological polar surface area (TPSA) is 172 Å². The molecule has 15 heteroatoms. The van der Waals surface area contributed by atoms with E-state index in [0.717, 1.165) is 23.2 Å². The van der Waals surface area contributed by atoms with E-state index in [9.17, 15) is 30.7 Å². The number of aryl methyl sites for hydroxylation is 1. The Bertz CT molecular complexity index is 1340. The van der Waals surface area contributed by atoms with E-state index in [4.69, 9.17) is 11.6 Å². The quantitative estimate of drug-likeness (QED) is 0.279. The van der Waals surface area contributed by atoms with Crippen molar-refractivity contribution in [3.63, 3.8) is 0 Å². The number of benzene rings is 2. The molecule has 0 aromatic heterocycles. The van der Waals surface area contributed by atoms with Gasteiger partial charge in [0.15, 0.2) is 6.04 Å². The van der Waals surface area contributed by atoms with Crippen molar-refractivity contribution in [2.45, 2.75) is 29.7 Å². The summed E-state index contributed by atoms with van der Waals surface area (Å²) in [6, 6.07) is 5.53. The van der Waals surface area contributed by atoms with E-state index >= 15 is 0 Å². The smallest absolute Gasteiger partial charge is 0.744 e. The third kappa shape index (κ3) is 5.85. The van der Waals surface area contributed by atoms with Crippen LogP contribution in [-0.4, -0.2) is 92.5 Å². The van der Waals surface area contributed by atoms with Crippen molar-refractivity contribution in [2.75, 3.05) is 5.01 Å². The molecule has 1 atom stereocenters. The number of amides is 1. The van der Waals surface area contributed by atoms with Gasteiger partial charge in [-0.1, -0.05) is 11.6 Å². The number of hydrazone groups is 1. The largest absolute Gasteiger partial charge is 2.00 e. The van der Waals surface area contributed by atoms with Crippen molar-refractivity contribution in [3.05, 3.63) is 47.0 Å². The zero-order chi connectivity index (χ0) is 23.1. The average molecular weight is 622 g/mol. The third-order valence-corrected chi connectivity index (χ3v) is 6.38. The van der Waals surface area contributed by atoms with Gasteiger partial charge in [0.05, 0.1) is 21.2 Å². The third-order valence-electron chi connectivity index (χ3n) is 4.26. The van der Waals surface area contributed by atoms with Crippen LogP contribution in [0.2, 0.25) is 5.02 Å². The molecule has 2 aromatic rings. The van der Waals surface area contributed by atoms with Gasteiger partial charge in [0.1, 0.15) is 25.9 Å². The second-order valence-electron chi connectivity index (χ2n) is 6.48. The van der Waals surface area contributed by atoms with Crippen molar-refractivity contribution in [1.82, 2.24) is 0 Å². The molecule has 0 saturated carbocycles. The minimum absolute atomic E-state index is 0.